The molecule has 0 bridgehead atoms. The first-order valence-electron chi connectivity index (χ1n) is 7.86. The predicted molar refractivity (Wildman–Crippen MR) is 89.8 cm³/mol. The van der Waals surface area contributed by atoms with Gasteiger partial charge in [-0.1, -0.05) is 43.7 Å². The standard InChI is InChI=1S/C19H22N2O/c1-2-9-19(22,12-15-6-4-3-5-7-15)13-17-11-16-8-10-20-14-18(16)21-17/h3-8,10-11,14,21-22H,2,9,12-13H2,1H3. The molecule has 3 aromatic rings. The summed E-state index contributed by atoms with van der Waals surface area (Å²) in [6.07, 6.45) is 6.68. The first-order valence-corrected chi connectivity index (χ1v) is 7.86. The maximum absolute atomic E-state index is 11.1. The summed E-state index contributed by atoms with van der Waals surface area (Å²) in [5.74, 6) is 0. The van der Waals surface area contributed by atoms with Crippen LogP contribution in [0.2, 0.25) is 0 Å². The van der Waals surface area contributed by atoms with Crippen molar-refractivity contribution in [3.05, 3.63) is 66.1 Å². The molecular formula is C19H22N2O. The number of fused-ring (bicyclic) bond motifs is 1. The van der Waals surface area contributed by atoms with E-state index in [0.717, 1.165) is 29.4 Å². The van der Waals surface area contributed by atoms with Crippen molar-refractivity contribution >= 4 is 10.9 Å². The third-order valence-electron chi connectivity index (χ3n) is 4.09. The van der Waals surface area contributed by atoms with Gasteiger partial charge in [0.25, 0.3) is 0 Å². The van der Waals surface area contributed by atoms with Crippen molar-refractivity contribution in [1.82, 2.24) is 9.97 Å². The molecular weight excluding hydrogens is 272 g/mol. The summed E-state index contributed by atoms with van der Waals surface area (Å²) in [6.45, 7) is 2.12. The van der Waals surface area contributed by atoms with Crippen LogP contribution in [0.3, 0.4) is 0 Å². The molecule has 22 heavy (non-hydrogen) atoms. The van der Waals surface area contributed by atoms with Gasteiger partial charge in [-0.3, -0.25) is 4.98 Å². The monoisotopic (exact) mass is 294 g/mol. The molecule has 1 aromatic carbocycles. The largest absolute Gasteiger partial charge is 0.389 e. The topological polar surface area (TPSA) is 48.9 Å². The first kappa shape index (κ1) is 14.8. The Labute approximate surface area is 131 Å². The van der Waals surface area contributed by atoms with Crippen LogP contribution in [0.1, 0.15) is 31.0 Å². The molecule has 3 rings (SSSR count). The fourth-order valence-corrected chi connectivity index (χ4v) is 3.16. The second-order valence-corrected chi connectivity index (χ2v) is 6.07. The summed E-state index contributed by atoms with van der Waals surface area (Å²) in [4.78, 5) is 7.51. The number of nitrogens with one attached hydrogen (secondary N) is 1. The molecule has 0 aliphatic heterocycles. The zero-order valence-corrected chi connectivity index (χ0v) is 12.9. The van der Waals surface area contributed by atoms with Crippen molar-refractivity contribution in [1.29, 1.82) is 0 Å². The Balaban J connectivity index is 1.83. The summed E-state index contributed by atoms with van der Waals surface area (Å²) < 4.78 is 0. The van der Waals surface area contributed by atoms with Crippen LogP contribution in [0.5, 0.6) is 0 Å². The number of hydrogen-bond acceptors (Lipinski definition) is 2. The Kier molecular flexibility index (Phi) is 4.25. The average Bonchev–Trinajstić information content (AvgIpc) is 2.89. The van der Waals surface area contributed by atoms with Gasteiger partial charge in [-0.2, -0.15) is 0 Å². The summed E-state index contributed by atoms with van der Waals surface area (Å²) in [7, 11) is 0. The molecule has 1 atom stereocenters. The van der Waals surface area contributed by atoms with Crippen LogP contribution in [-0.2, 0) is 12.8 Å². The minimum absolute atomic E-state index is 0.629. The predicted octanol–water partition coefficient (Wildman–Crippen LogP) is 3.88. The highest BCUT2D eigenvalue weighted by atomic mass is 16.3. The summed E-state index contributed by atoms with van der Waals surface area (Å²) in [6, 6.07) is 14.3. The second kappa shape index (κ2) is 6.32. The maximum atomic E-state index is 11.1. The molecule has 0 aliphatic rings. The van der Waals surface area contributed by atoms with Gasteiger partial charge in [0, 0.05) is 30.1 Å². The highest BCUT2D eigenvalue weighted by Gasteiger charge is 2.27. The molecule has 114 valence electrons. The van der Waals surface area contributed by atoms with E-state index >= 15 is 0 Å². The number of hydrogen-bond donors (Lipinski definition) is 2. The van der Waals surface area contributed by atoms with Crippen molar-refractivity contribution < 1.29 is 5.11 Å². The fraction of sp³-hybridized carbons (Fsp3) is 0.316. The molecule has 0 aliphatic carbocycles. The SMILES string of the molecule is CCCC(O)(Cc1ccccc1)Cc1cc2ccncc2[nH]1. The van der Waals surface area contributed by atoms with Crippen molar-refractivity contribution in [2.45, 2.75) is 38.2 Å². The Hall–Kier alpha value is -2.13. The van der Waals surface area contributed by atoms with Gasteiger partial charge in [0.05, 0.1) is 17.3 Å². The van der Waals surface area contributed by atoms with E-state index < -0.39 is 5.60 Å². The Bertz CT molecular complexity index is 702. The number of rotatable bonds is 6. The van der Waals surface area contributed by atoms with E-state index in [9.17, 15) is 5.11 Å². The van der Waals surface area contributed by atoms with E-state index in [0.29, 0.717) is 12.8 Å². The number of aromatic nitrogens is 2. The van der Waals surface area contributed by atoms with Crippen molar-refractivity contribution in [2.75, 3.05) is 0 Å². The van der Waals surface area contributed by atoms with Gasteiger partial charge in [0.15, 0.2) is 0 Å². The maximum Gasteiger partial charge on any atom is 0.0742 e. The number of aliphatic hydroxyl groups is 1. The van der Waals surface area contributed by atoms with Crippen LogP contribution in [0.4, 0.5) is 0 Å². The molecule has 0 saturated heterocycles. The lowest BCUT2D eigenvalue weighted by Crippen LogP contribution is -2.34. The molecule has 0 amide bonds. The number of H-pyrrole nitrogens is 1. The fourth-order valence-electron chi connectivity index (χ4n) is 3.16. The van der Waals surface area contributed by atoms with Crippen molar-refractivity contribution in [3.8, 4) is 0 Å². The van der Waals surface area contributed by atoms with Crippen LogP contribution in [0, 0.1) is 0 Å². The third kappa shape index (κ3) is 3.37. The van der Waals surface area contributed by atoms with Gasteiger partial charge < -0.3 is 10.1 Å². The van der Waals surface area contributed by atoms with Gasteiger partial charge in [0.2, 0.25) is 0 Å². The van der Waals surface area contributed by atoms with Crippen molar-refractivity contribution in [3.63, 3.8) is 0 Å². The zero-order chi connectivity index (χ0) is 15.4. The molecule has 2 N–H and O–H groups in total. The molecule has 3 heteroatoms. The Morgan fingerprint density at radius 1 is 1.14 bits per heavy atom. The van der Waals surface area contributed by atoms with E-state index in [1.54, 1.807) is 6.20 Å². The average molecular weight is 294 g/mol. The van der Waals surface area contributed by atoms with Gasteiger partial charge >= 0.3 is 0 Å². The summed E-state index contributed by atoms with van der Waals surface area (Å²) in [5, 5.41) is 12.2. The third-order valence-corrected chi connectivity index (χ3v) is 4.09. The smallest absolute Gasteiger partial charge is 0.0742 e. The van der Waals surface area contributed by atoms with E-state index in [2.05, 4.69) is 35.1 Å². The van der Waals surface area contributed by atoms with E-state index in [-0.39, 0.29) is 0 Å². The van der Waals surface area contributed by atoms with Crippen LogP contribution < -0.4 is 0 Å². The number of pyridine rings is 1. The summed E-state index contributed by atoms with van der Waals surface area (Å²) >= 11 is 0. The number of aromatic amines is 1. The number of nitrogens with zero attached hydrogens (tertiary/aromatic N) is 1. The minimum atomic E-state index is -0.718. The van der Waals surface area contributed by atoms with Crippen LogP contribution in [0.25, 0.3) is 10.9 Å². The molecule has 1 unspecified atom stereocenters. The van der Waals surface area contributed by atoms with Gasteiger partial charge in [-0.25, -0.2) is 0 Å². The molecule has 0 spiro atoms. The van der Waals surface area contributed by atoms with E-state index in [1.807, 2.05) is 30.5 Å². The molecule has 0 radical (unpaired) electrons. The van der Waals surface area contributed by atoms with Crippen molar-refractivity contribution in [2.24, 2.45) is 0 Å². The highest BCUT2D eigenvalue weighted by Crippen LogP contribution is 2.25. The zero-order valence-electron chi connectivity index (χ0n) is 12.9. The van der Waals surface area contributed by atoms with E-state index in [1.165, 1.54) is 5.56 Å². The quantitative estimate of drug-likeness (QED) is 0.725. The lowest BCUT2D eigenvalue weighted by Gasteiger charge is -2.27. The van der Waals surface area contributed by atoms with Crippen LogP contribution in [-0.4, -0.2) is 20.7 Å². The van der Waals surface area contributed by atoms with Crippen LogP contribution in [0.15, 0.2) is 54.9 Å². The normalized spacial score (nSPS) is 14.1. The molecule has 0 saturated carbocycles. The lowest BCUT2D eigenvalue weighted by atomic mass is 9.86. The van der Waals surface area contributed by atoms with Gasteiger partial charge in [-0.05, 0) is 24.1 Å². The van der Waals surface area contributed by atoms with Gasteiger partial charge in [0.1, 0.15) is 0 Å². The second-order valence-electron chi connectivity index (χ2n) is 6.07. The van der Waals surface area contributed by atoms with E-state index in [4.69, 9.17) is 0 Å². The lowest BCUT2D eigenvalue weighted by molar-refractivity contribution is 0.0305. The minimum Gasteiger partial charge on any atom is -0.389 e. The number of benzene rings is 1. The molecule has 0 fully saturated rings. The Morgan fingerprint density at radius 3 is 2.68 bits per heavy atom. The summed E-state index contributed by atoms with van der Waals surface area (Å²) in [5.41, 5.74) is 2.55. The Morgan fingerprint density at radius 2 is 1.95 bits per heavy atom. The van der Waals surface area contributed by atoms with Gasteiger partial charge in [-0.15, -0.1) is 0 Å². The highest BCUT2D eigenvalue weighted by molar-refractivity contribution is 5.79. The first-order chi connectivity index (χ1) is 10.7. The molecule has 2 aromatic heterocycles. The molecule has 2 heterocycles. The molecule has 3 nitrogen and oxygen atoms in total. The van der Waals surface area contributed by atoms with Crippen LogP contribution >= 0.6 is 0 Å².